The zero-order valence-electron chi connectivity index (χ0n) is 13.7. The molecule has 8 heteroatoms. The number of hydrogen-bond donors (Lipinski definition) is 6. The Morgan fingerprint density at radius 3 is 1.25 bits per heavy atom. The van der Waals surface area contributed by atoms with Gasteiger partial charge in [-0.3, -0.25) is 0 Å². The van der Waals surface area contributed by atoms with Crippen molar-refractivity contribution in [2.45, 2.75) is 26.7 Å². The van der Waals surface area contributed by atoms with Gasteiger partial charge in [-0.15, -0.1) is 0 Å². The van der Waals surface area contributed by atoms with Gasteiger partial charge in [0.15, 0.2) is 0 Å². The van der Waals surface area contributed by atoms with Crippen LogP contribution in [0.3, 0.4) is 0 Å². The predicted octanol–water partition coefficient (Wildman–Crippen LogP) is -0.731. The maximum Gasteiger partial charge on any atom is 0.492 e. The first-order valence-corrected chi connectivity index (χ1v) is 7.65. The van der Waals surface area contributed by atoms with E-state index in [2.05, 4.69) is 0 Å². The molecule has 6 N–H and O–H groups in total. The highest BCUT2D eigenvalue weighted by atomic mass is 16.4. The van der Waals surface area contributed by atoms with Gasteiger partial charge >= 0.3 is 14.2 Å². The molecular formula is C16H22B2O6. The van der Waals surface area contributed by atoms with E-state index in [-0.39, 0.29) is 22.4 Å². The van der Waals surface area contributed by atoms with Crippen LogP contribution in [0.2, 0.25) is 0 Å². The summed E-state index contributed by atoms with van der Waals surface area (Å²) in [5, 5.41) is 53.6. The number of phenolic OH excluding ortho intramolecular Hbond substituents is 2. The summed E-state index contributed by atoms with van der Waals surface area (Å²) in [6, 6.07) is 9.60. The molecule has 0 fully saturated rings. The van der Waals surface area contributed by atoms with Crippen LogP contribution < -0.4 is 10.9 Å². The van der Waals surface area contributed by atoms with Crippen molar-refractivity contribution in [2.75, 3.05) is 0 Å². The van der Waals surface area contributed by atoms with Gasteiger partial charge in [0.25, 0.3) is 0 Å². The van der Waals surface area contributed by atoms with Crippen molar-refractivity contribution in [3.63, 3.8) is 0 Å². The van der Waals surface area contributed by atoms with Crippen LogP contribution in [-0.2, 0) is 12.8 Å². The number of phenols is 2. The molecule has 2 aromatic carbocycles. The molecule has 24 heavy (non-hydrogen) atoms. The summed E-state index contributed by atoms with van der Waals surface area (Å²) in [6.45, 7) is 3.92. The van der Waals surface area contributed by atoms with E-state index < -0.39 is 14.2 Å². The second kappa shape index (κ2) is 9.34. The number of rotatable bonds is 4. The molecule has 0 amide bonds. The third-order valence-corrected chi connectivity index (χ3v) is 3.56. The summed E-state index contributed by atoms with van der Waals surface area (Å²) >= 11 is 0. The Labute approximate surface area is 142 Å². The third kappa shape index (κ3) is 5.58. The van der Waals surface area contributed by atoms with E-state index in [1.54, 1.807) is 24.3 Å². The number of hydrogen-bond acceptors (Lipinski definition) is 6. The Bertz CT molecular complexity index is 604. The van der Waals surface area contributed by atoms with E-state index >= 15 is 0 Å². The third-order valence-electron chi connectivity index (χ3n) is 3.56. The van der Waals surface area contributed by atoms with E-state index in [1.165, 1.54) is 12.1 Å². The van der Waals surface area contributed by atoms with Gasteiger partial charge in [0.05, 0.1) is 0 Å². The highest BCUT2D eigenvalue weighted by molar-refractivity contribution is 6.60. The fourth-order valence-electron chi connectivity index (χ4n) is 2.06. The van der Waals surface area contributed by atoms with Gasteiger partial charge in [-0.25, -0.2) is 0 Å². The largest absolute Gasteiger partial charge is 0.508 e. The summed E-state index contributed by atoms with van der Waals surface area (Å²) in [4.78, 5) is 0. The average molecular weight is 332 g/mol. The van der Waals surface area contributed by atoms with Crippen LogP contribution in [0.5, 0.6) is 11.5 Å². The smallest absolute Gasteiger partial charge is 0.492 e. The van der Waals surface area contributed by atoms with Crippen molar-refractivity contribution in [3.05, 3.63) is 47.5 Å². The maximum atomic E-state index is 9.18. The van der Waals surface area contributed by atoms with Gasteiger partial charge in [0.1, 0.15) is 11.5 Å². The lowest BCUT2D eigenvalue weighted by Gasteiger charge is -2.04. The number of benzene rings is 2. The van der Waals surface area contributed by atoms with E-state index in [0.29, 0.717) is 0 Å². The molecule has 0 heterocycles. The van der Waals surface area contributed by atoms with Crippen LogP contribution in [-0.4, -0.2) is 44.5 Å². The van der Waals surface area contributed by atoms with Crippen molar-refractivity contribution < 1.29 is 30.3 Å². The highest BCUT2D eigenvalue weighted by Crippen LogP contribution is 2.09. The minimum absolute atomic E-state index is 0.0813. The fourth-order valence-corrected chi connectivity index (χ4v) is 2.06. The van der Waals surface area contributed by atoms with Crippen LogP contribution in [0.15, 0.2) is 36.4 Å². The van der Waals surface area contributed by atoms with E-state index in [0.717, 1.165) is 24.0 Å². The molecule has 0 unspecified atom stereocenters. The molecule has 0 bridgehead atoms. The highest BCUT2D eigenvalue weighted by Gasteiger charge is 2.16. The van der Waals surface area contributed by atoms with Crippen LogP contribution >= 0.6 is 0 Å². The number of aryl methyl sites for hydroxylation is 2. The first-order valence-electron chi connectivity index (χ1n) is 7.65. The average Bonchev–Trinajstić information content (AvgIpc) is 2.56. The van der Waals surface area contributed by atoms with Crippen LogP contribution in [0.4, 0.5) is 0 Å². The summed E-state index contributed by atoms with van der Waals surface area (Å²) in [7, 11) is -3.20. The summed E-state index contributed by atoms with van der Waals surface area (Å²) < 4.78 is 0. The van der Waals surface area contributed by atoms with Gasteiger partial charge in [0, 0.05) is 10.9 Å². The Balaban J connectivity index is 0.000000240. The van der Waals surface area contributed by atoms with E-state index in [9.17, 15) is 10.2 Å². The molecule has 0 saturated carbocycles. The van der Waals surface area contributed by atoms with Gasteiger partial charge in [-0.2, -0.15) is 0 Å². The van der Waals surface area contributed by atoms with Gasteiger partial charge in [-0.05, 0) is 36.1 Å². The van der Waals surface area contributed by atoms with Crippen molar-refractivity contribution in [3.8, 4) is 11.5 Å². The van der Waals surface area contributed by atoms with Crippen LogP contribution in [0, 0.1) is 0 Å². The molecular weight excluding hydrogens is 310 g/mol. The summed E-state index contributed by atoms with van der Waals surface area (Å²) in [5.74, 6) is -0.163. The molecule has 0 aromatic heterocycles. The lowest BCUT2D eigenvalue weighted by atomic mass is 9.78. The first-order chi connectivity index (χ1) is 11.3. The van der Waals surface area contributed by atoms with E-state index in [1.807, 2.05) is 13.8 Å². The van der Waals surface area contributed by atoms with Crippen molar-refractivity contribution in [1.29, 1.82) is 0 Å². The molecule has 128 valence electrons. The van der Waals surface area contributed by atoms with Gasteiger partial charge in [0.2, 0.25) is 0 Å². The SMILES string of the molecule is CCc1ccc(O)c(B(O)O)c1.CCc1ccc(O)c(B(O)O)c1. The first kappa shape index (κ1) is 20.1. The molecule has 0 saturated heterocycles. The Hall–Kier alpha value is -1.99. The molecule has 0 aliphatic heterocycles. The summed E-state index contributed by atoms with van der Waals surface area (Å²) in [5.41, 5.74) is 2.26. The second-order valence-electron chi connectivity index (χ2n) is 5.24. The minimum Gasteiger partial charge on any atom is -0.508 e. The quantitative estimate of drug-likeness (QED) is 0.411. The minimum atomic E-state index is -1.60. The van der Waals surface area contributed by atoms with Crippen LogP contribution in [0.1, 0.15) is 25.0 Å². The molecule has 0 radical (unpaired) electrons. The maximum absolute atomic E-state index is 9.18. The predicted molar refractivity (Wildman–Crippen MR) is 94.6 cm³/mol. The summed E-state index contributed by atoms with van der Waals surface area (Å²) in [6.07, 6.45) is 1.61. The zero-order valence-corrected chi connectivity index (χ0v) is 13.7. The topological polar surface area (TPSA) is 121 Å². The molecule has 0 aliphatic carbocycles. The van der Waals surface area contributed by atoms with Gasteiger partial charge < -0.3 is 30.3 Å². The zero-order chi connectivity index (χ0) is 18.3. The Kier molecular flexibility index (Phi) is 7.81. The molecule has 0 atom stereocenters. The molecule has 0 spiro atoms. The van der Waals surface area contributed by atoms with E-state index in [4.69, 9.17) is 20.1 Å². The Morgan fingerprint density at radius 2 is 1.00 bits per heavy atom. The molecule has 6 nitrogen and oxygen atoms in total. The van der Waals surface area contributed by atoms with Crippen molar-refractivity contribution in [1.82, 2.24) is 0 Å². The monoisotopic (exact) mass is 332 g/mol. The second-order valence-corrected chi connectivity index (χ2v) is 5.24. The normalized spacial score (nSPS) is 9.92. The number of aromatic hydroxyl groups is 2. The lowest BCUT2D eigenvalue weighted by molar-refractivity contribution is 0.418. The molecule has 2 rings (SSSR count). The van der Waals surface area contributed by atoms with Crippen LogP contribution in [0.25, 0.3) is 0 Å². The lowest BCUT2D eigenvalue weighted by Crippen LogP contribution is -2.30. The van der Waals surface area contributed by atoms with Crippen molar-refractivity contribution >= 4 is 25.2 Å². The molecule has 0 aliphatic rings. The molecule has 2 aromatic rings. The Morgan fingerprint density at radius 1 is 0.667 bits per heavy atom. The standard InChI is InChI=1S/2C8H11BO3/c2*1-2-6-3-4-8(10)7(5-6)9(11)12/h2*3-5,10-12H,2H2,1H3. The van der Waals surface area contributed by atoms with Gasteiger partial charge in [-0.1, -0.05) is 38.1 Å². The fraction of sp³-hybridized carbons (Fsp3) is 0.250. The van der Waals surface area contributed by atoms with Crippen molar-refractivity contribution in [2.24, 2.45) is 0 Å².